The first-order valence-corrected chi connectivity index (χ1v) is 15.4. The lowest BCUT2D eigenvalue weighted by Crippen LogP contribution is -2.42. The number of esters is 1. The van der Waals surface area contributed by atoms with Crippen molar-refractivity contribution in [2.45, 2.75) is 50.6 Å². The van der Waals surface area contributed by atoms with Crippen molar-refractivity contribution in [1.29, 1.82) is 0 Å². The van der Waals surface area contributed by atoms with Gasteiger partial charge in [-0.3, -0.25) is 9.69 Å². The summed E-state index contributed by atoms with van der Waals surface area (Å²) in [5, 5.41) is 4.76. The van der Waals surface area contributed by atoms with Crippen LogP contribution in [0.5, 0.6) is 11.6 Å². The first-order valence-electron chi connectivity index (χ1n) is 14.6. The van der Waals surface area contributed by atoms with Gasteiger partial charge in [-0.05, 0) is 87.5 Å². The highest BCUT2D eigenvalue weighted by Gasteiger charge is 2.40. The summed E-state index contributed by atoms with van der Waals surface area (Å²) in [4.78, 5) is 30.4. The fraction of sp³-hybridized carbons (Fsp3) is 0.484. The predicted molar refractivity (Wildman–Crippen MR) is 163 cm³/mol. The summed E-state index contributed by atoms with van der Waals surface area (Å²) in [5.74, 6) is 1.92. The second kappa shape index (κ2) is 12.7. The van der Waals surface area contributed by atoms with Crippen LogP contribution in [0, 0.1) is 5.92 Å². The smallest absolute Gasteiger partial charge is 0.305 e. The van der Waals surface area contributed by atoms with Crippen LogP contribution in [-0.2, 0) is 16.1 Å². The van der Waals surface area contributed by atoms with E-state index in [1.807, 2.05) is 18.2 Å². The van der Waals surface area contributed by atoms with Gasteiger partial charge in [-0.15, -0.1) is 0 Å². The average molecular weight is 612 g/mol. The van der Waals surface area contributed by atoms with Crippen LogP contribution in [0.2, 0.25) is 10.0 Å². The molecule has 0 bridgehead atoms. The number of carbonyl (C=O) groups excluding carboxylic acids is 1. The molecule has 1 unspecified atom stereocenters. The van der Waals surface area contributed by atoms with Crippen LogP contribution in [0.4, 0.5) is 5.95 Å². The minimum absolute atomic E-state index is 0.138. The standard InChI is InChI=1S/C31H36Cl2N6O3/c1-41-29(40)13-21-3-8-38(9-4-21)19-22-11-27(23-14-24(32)16-25(33)15-23)37-28(12-22)42-26-17-34-30(35-18-26)39-10-6-31(20-39)5-2-7-36-31/h11-12,14-18,21,36H,2-10,13,19-20H2,1H3. The maximum Gasteiger partial charge on any atom is 0.305 e. The molecule has 0 amide bonds. The Balaban J connectivity index is 1.18. The van der Waals surface area contributed by atoms with Crippen molar-refractivity contribution in [3.63, 3.8) is 0 Å². The molecule has 9 nitrogen and oxygen atoms in total. The molecule has 1 atom stereocenters. The highest BCUT2D eigenvalue weighted by Crippen LogP contribution is 2.33. The number of nitrogens with one attached hydrogen (secondary N) is 1. The second-order valence-corrected chi connectivity index (χ2v) is 12.5. The molecule has 1 N–H and O–H groups in total. The molecule has 1 aromatic carbocycles. The van der Waals surface area contributed by atoms with Gasteiger partial charge in [0.25, 0.3) is 0 Å². The Kier molecular flexibility index (Phi) is 8.81. The number of methoxy groups -OCH3 is 1. The number of hydrogen-bond donors (Lipinski definition) is 1. The highest BCUT2D eigenvalue weighted by atomic mass is 35.5. The second-order valence-electron chi connectivity index (χ2n) is 11.7. The number of rotatable bonds is 8. The van der Waals surface area contributed by atoms with Gasteiger partial charge in [-0.2, -0.15) is 0 Å². The van der Waals surface area contributed by atoms with Gasteiger partial charge in [0.05, 0.1) is 25.2 Å². The van der Waals surface area contributed by atoms with E-state index in [1.165, 1.54) is 20.0 Å². The fourth-order valence-electron chi connectivity index (χ4n) is 6.38. The summed E-state index contributed by atoms with van der Waals surface area (Å²) < 4.78 is 11.1. The van der Waals surface area contributed by atoms with Gasteiger partial charge in [0.2, 0.25) is 11.8 Å². The first-order chi connectivity index (χ1) is 20.4. The number of carbonyl (C=O) groups is 1. The van der Waals surface area contributed by atoms with Crippen LogP contribution in [0.15, 0.2) is 42.7 Å². The third-order valence-electron chi connectivity index (χ3n) is 8.62. The number of likely N-dealkylation sites (tertiary alicyclic amines) is 1. The summed E-state index contributed by atoms with van der Waals surface area (Å²) >= 11 is 12.6. The number of piperidine rings is 1. The Morgan fingerprint density at radius 2 is 1.81 bits per heavy atom. The monoisotopic (exact) mass is 610 g/mol. The number of hydrogen-bond acceptors (Lipinski definition) is 9. The molecule has 3 aliphatic heterocycles. The Morgan fingerprint density at radius 3 is 2.50 bits per heavy atom. The van der Waals surface area contributed by atoms with Crippen molar-refractivity contribution in [3.8, 4) is 22.9 Å². The number of benzene rings is 1. The summed E-state index contributed by atoms with van der Waals surface area (Å²) in [6.45, 7) is 5.50. The molecular formula is C31H36Cl2N6O3. The number of anilines is 1. The predicted octanol–water partition coefficient (Wildman–Crippen LogP) is 5.75. The van der Waals surface area contributed by atoms with Gasteiger partial charge in [0.1, 0.15) is 0 Å². The molecule has 11 heteroatoms. The minimum atomic E-state index is -0.138. The van der Waals surface area contributed by atoms with E-state index in [1.54, 1.807) is 18.5 Å². The molecule has 3 aliphatic rings. The number of nitrogens with zero attached hydrogens (tertiary/aromatic N) is 5. The van der Waals surface area contributed by atoms with Gasteiger partial charge in [0, 0.05) is 53.3 Å². The van der Waals surface area contributed by atoms with E-state index >= 15 is 0 Å². The summed E-state index contributed by atoms with van der Waals surface area (Å²) in [7, 11) is 1.45. The van der Waals surface area contributed by atoms with Gasteiger partial charge in [-0.1, -0.05) is 23.2 Å². The fourth-order valence-corrected chi connectivity index (χ4v) is 6.91. The third kappa shape index (κ3) is 6.97. The number of aromatic nitrogens is 3. The molecule has 3 aromatic rings. The number of ether oxygens (including phenoxy) is 2. The molecule has 2 aromatic heterocycles. The summed E-state index contributed by atoms with van der Waals surface area (Å²) in [5.41, 5.74) is 2.79. The van der Waals surface area contributed by atoms with Crippen molar-refractivity contribution < 1.29 is 14.3 Å². The average Bonchev–Trinajstić information content (AvgIpc) is 3.63. The van der Waals surface area contributed by atoms with Crippen molar-refractivity contribution in [2.24, 2.45) is 5.92 Å². The molecule has 3 saturated heterocycles. The molecular weight excluding hydrogens is 575 g/mol. The summed E-state index contributed by atoms with van der Waals surface area (Å²) in [6, 6.07) is 9.41. The van der Waals surface area contributed by atoms with E-state index in [4.69, 9.17) is 37.7 Å². The van der Waals surface area contributed by atoms with Crippen molar-refractivity contribution in [2.75, 3.05) is 44.7 Å². The molecule has 3 fully saturated rings. The zero-order valence-corrected chi connectivity index (χ0v) is 25.3. The topological polar surface area (TPSA) is 92.7 Å². The van der Waals surface area contributed by atoms with Crippen LogP contribution in [-0.4, -0.2) is 71.2 Å². The van der Waals surface area contributed by atoms with Crippen LogP contribution < -0.4 is 15.0 Å². The SMILES string of the molecule is COC(=O)CC1CCN(Cc2cc(Oc3cnc(N4CCC5(CCCN5)C4)nc3)nc(-c3cc(Cl)cc(Cl)c3)c2)CC1. The van der Waals surface area contributed by atoms with E-state index in [-0.39, 0.29) is 11.5 Å². The minimum Gasteiger partial charge on any atom is -0.469 e. The van der Waals surface area contributed by atoms with E-state index in [2.05, 4.69) is 31.2 Å². The Bertz CT molecular complexity index is 1390. The van der Waals surface area contributed by atoms with E-state index in [0.29, 0.717) is 34.0 Å². The molecule has 42 heavy (non-hydrogen) atoms. The molecule has 5 heterocycles. The molecule has 1 spiro atoms. The normalized spacial score (nSPS) is 21.3. The van der Waals surface area contributed by atoms with Crippen LogP contribution in [0.1, 0.15) is 44.1 Å². The van der Waals surface area contributed by atoms with Crippen LogP contribution >= 0.6 is 23.2 Å². The number of halogens is 2. The molecule has 0 aliphatic carbocycles. The summed E-state index contributed by atoms with van der Waals surface area (Å²) in [6.07, 6.45) is 9.37. The van der Waals surface area contributed by atoms with E-state index in [0.717, 1.165) is 81.3 Å². The molecule has 222 valence electrons. The molecule has 0 radical (unpaired) electrons. The quantitative estimate of drug-likeness (QED) is 0.320. The zero-order valence-electron chi connectivity index (χ0n) is 23.8. The molecule has 6 rings (SSSR count). The highest BCUT2D eigenvalue weighted by molar-refractivity contribution is 6.35. The van der Waals surface area contributed by atoms with Gasteiger partial charge in [-0.25, -0.2) is 15.0 Å². The van der Waals surface area contributed by atoms with Crippen molar-refractivity contribution in [1.82, 2.24) is 25.2 Å². The van der Waals surface area contributed by atoms with E-state index < -0.39 is 0 Å². The van der Waals surface area contributed by atoms with Crippen molar-refractivity contribution >= 4 is 35.1 Å². The van der Waals surface area contributed by atoms with E-state index in [9.17, 15) is 4.79 Å². The Labute approximate surface area is 256 Å². The lowest BCUT2D eigenvalue weighted by molar-refractivity contribution is -0.142. The van der Waals surface area contributed by atoms with Crippen molar-refractivity contribution in [3.05, 3.63) is 58.3 Å². The Hall–Kier alpha value is -2.98. The van der Waals surface area contributed by atoms with Gasteiger partial charge >= 0.3 is 5.97 Å². The van der Waals surface area contributed by atoms with Crippen LogP contribution in [0.25, 0.3) is 11.3 Å². The third-order valence-corrected chi connectivity index (χ3v) is 9.06. The largest absolute Gasteiger partial charge is 0.469 e. The Morgan fingerprint density at radius 1 is 1.05 bits per heavy atom. The maximum absolute atomic E-state index is 11.7. The maximum atomic E-state index is 11.7. The van der Waals surface area contributed by atoms with Crippen LogP contribution in [0.3, 0.4) is 0 Å². The lowest BCUT2D eigenvalue weighted by atomic mass is 9.93. The first kappa shape index (κ1) is 29.1. The number of pyridine rings is 1. The van der Waals surface area contributed by atoms with Gasteiger partial charge < -0.3 is 19.7 Å². The van der Waals surface area contributed by atoms with Gasteiger partial charge in [0.15, 0.2) is 5.75 Å². The zero-order chi connectivity index (χ0) is 29.1. The molecule has 0 saturated carbocycles. The lowest BCUT2D eigenvalue weighted by Gasteiger charge is -2.31.